The van der Waals surface area contributed by atoms with Gasteiger partial charge in [0.25, 0.3) is 0 Å². The largest absolute Gasteiger partial charge is 0.484 e. The Morgan fingerprint density at radius 2 is 1.81 bits per heavy atom. The molecule has 0 saturated carbocycles. The summed E-state index contributed by atoms with van der Waals surface area (Å²) < 4.78 is 7.60. The number of nitrogens with zero attached hydrogens (tertiary/aromatic N) is 6. The summed E-state index contributed by atoms with van der Waals surface area (Å²) in [4.78, 5) is 12.8. The van der Waals surface area contributed by atoms with Crippen LogP contribution in [-0.2, 0) is 19.4 Å². The van der Waals surface area contributed by atoms with Crippen molar-refractivity contribution < 1.29 is 4.74 Å². The Kier molecular flexibility index (Phi) is 6.48. The van der Waals surface area contributed by atoms with Gasteiger partial charge < -0.3 is 20.4 Å². The number of para-hydroxylation sites is 2. The van der Waals surface area contributed by atoms with E-state index in [1.165, 1.54) is 11.8 Å². The molecule has 0 amide bonds. The number of nitrogen functional groups attached to an aromatic ring is 1. The lowest BCUT2D eigenvalue weighted by molar-refractivity contribution is 0.290. The Labute approximate surface area is 188 Å². The lowest BCUT2D eigenvalue weighted by Gasteiger charge is -2.08. The molecule has 0 unspecified atom stereocenters. The predicted octanol–water partition coefficient (Wildman–Crippen LogP) is 3.85. The average Bonchev–Trinajstić information content (AvgIpc) is 3.11. The van der Waals surface area contributed by atoms with Crippen LogP contribution in [0.25, 0.3) is 0 Å². The van der Waals surface area contributed by atoms with Gasteiger partial charge in [0, 0.05) is 12.7 Å². The molecule has 0 atom stereocenters. The summed E-state index contributed by atoms with van der Waals surface area (Å²) in [6.45, 7) is 0.248. The normalized spacial score (nSPS) is 10.8. The minimum absolute atomic E-state index is 0.149. The predicted molar refractivity (Wildman–Crippen MR) is 120 cm³/mol. The molecule has 4 rings (SSSR count). The van der Waals surface area contributed by atoms with Crippen molar-refractivity contribution in [3.8, 4) is 5.75 Å². The van der Waals surface area contributed by atoms with Gasteiger partial charge in [-0.3, -0.25) is 0 Å². The molecule has 0 aliphatic carbocycles. The lowest BCUT2D eigenvalue weighted by atomic mass is 10.3. The van der Waals surface area contributed by atoms with Crippen LogP contribution in [0.3, 0.4) is 0 Å². The number of thioether (sulfide) groups is 1. The summed E-state index contributed by atoms with van der Waals surface area (Å²) in [7, 11) is 1.87. The van der Waals surface area contributed by atoms with Crippen molar-refractivity contribution in [3.63, 3.8) is 0 Å². The molecule has 31 heavy (non-hydrogen) atoms. The van der Waals surface area contributed by atoms with Crippen LogP contribution >= 0.6 is 23.4 Å². The second-order valence-electron chi connectivity index (χ2n) is 6.39. The molecule has 0 spiro atoms. The third-order valence-electron chi connectivity index (χ3n) is 4.18. The molecule has 4 aromatic rings. The van der Waals surface area contributed by atoms with E-state index in [1.54, 1.807) is 12.1 Å². The van der Waals surface area contributed by atoms with E-state index in [0.717, 1.165) is 5.69 Å². The maximum atomic E-state index is 6.12. The Balaban J connectivity index is 1.40. The highest BCUT2D eigenvalue weighted by Gasteiger charge is 2.13. The summed E-state index contributed by atoms with van der Waals surface area (Å²) in [5.74, 6) is 2.79. The smallest absolute Gasteiger partial charge is 0.232 e. The Morgan fingerprint density at radius 3 is 2.61 bits per heavy atom. The van der Waals surface area contributed by atoms with E-state index in [0.29, 0.717) is 39.3 Å². The van der Waals surface area contributed by atoms with Crippen LogP contribution in [0.5, 0.6) is 5.75 Å². The van der Waals surface area contributed by atoms with E-state index >= 15 is 0 Å². The molecule has 0 aliphatic heterocycles. The molecule has 2 aromatic heterocycles. The van der Waals surface area contributed by atoms with E-state index in [-0.39, 0.29) is 12.6 Å². The Morgan fingerprint density at radius 1 is 1.03 bits per heavy atom. The first-order valence-electron chi connectivity index (χ1n) is 9.29. The molecule has 0 saturated heterocycles. The fourth-order valence-electron chi connectivity index (χ4n) is 2.64. The molecule has 3 N–H and O–H groups in total. The van der Waals surface area contributed by atoms with Crippen LogP contribution in [0.15, 0.2) is 59.8 Å². The van der Waals surface area contributed by atoms with E-state index in [4.69, 9.17) is 22.1 Å². The third kappa shape index (κ3) is 5.41. The highest BCUT2D eigenvalue weighted by atomic mass is 35.5. The molecule has 0 fully saturated rings. The van der Waals surface area contributed by atoms with Crippen molar-refractivity contribution in [1.29, 1.82) is 0 Å². The minimum atomic E-state index is 0.149. The molecule has 9 nitrogen and oxygen atoms in total. The molecule has 158 valence electrons. The van der Waals surface area contributed by atoms with E-state index < -0.39 is 0 Å². The van der Waals surface area contributed by atoms with Crippen LogP contribution in [0.4, 0.5) is 17.6 Å². The number of anilines is 3. The quantitative estimate of drug-likeness (QED) is 0.383. The van der Waals surface area contributed by atoms with Gasteiger partial charge in [0.1, 0.15) is 18.2 Å². The number of ether oxygens (including phenoxy) is 1. The number of halogens is 1. The van der Waals surface area contributed by atoms with Gasteiger partial charge in [-0.1, -0.05) is 53.7 Å². The summed E-state index contributed by atoms with van der Waals surface area (Å²) in [5, 5.41) is 12.8. The van der Waals surface area contributed by atoms with Gasteiger partial charge in [-0.25, -0.2) is 0 Å². The molecule has 0 aliphatic rings. The zero-order valence-electron chi connectivity index (χ0n) is 16.6. The number of rotatable bonds is 8. The van der Waals surface area contributed by atoms with Gasteiger partial charge in [-0.15, -0.1) is 10.2 Å². The van der Waals surface area contributed by atoms with Gasteiger partial charge >= 0.3 is 0 Å². The number of nitrogens with two attached hydrogens (primary N) is 1. The number of hydrogen-bond acceptors (Lipinski definition) is 9. The van der Waals surface area contributed by atoms with Crippen molar-refractivity contribution in [2.75, 3.05) is 11.1 Å². The van der Waals surface area contributed by atoms with Crippen LogP contribution in [-0.4, -0.2) is 29.7 Å². The Bertz CT molecular complexity index is 1170. The second kappa shape index (κ2) is 9.63. The minimum Gasteiger partial charge on any atom is -0.484 e. The topological polar surface area (TPSA) is 117 Å². The van der Waals surface area contributed by atoms with Crippen molar-refractivity contribution in [2.24, 2.45) is 7.05 Å². The number of benzene rings is 2. The monoisotopic (exact) mass is 454 g/mol. The maximum absolute atomic E-state index is 6.12. The van der Waals surface area contributed by atoms with E-state index in [1.807, 2.05) is 54.1 Å². The Hall–Kier alpha value is -3.37. The second-order valence-corrected chi connectivity index (χ2v) is 7.74. The summed E-state index contributed by atoms with van der Waals surface area (Å²) in [6, 6.07) is 16.9. The number of hydrogen-bond donors (Lipinski definition) is 2. The molecule has 2 aromatic carbocycles. The number of aromatic nitrogens is 6. The molecular weight excluding hydrogens is 436 g/mol. The zero-order chi connectivity index (χ0) is 21.6. The highest BCUT2D eigenvalue weighted by Crippen LogP contribution is 2.25. The first-order valence-corrected chi connectivity index (χ1v) is 10.7. The molecule has 0 radical (unpaired) electrons. The van der Waals surface area contributed by atoms with Crippen molar-refractivity contribution in [1.82, 2.24) is 29.7 Å². The summed E-state index contributed by atoms with van der Waals surface area (Å²) in [6.07, 6.45) is 0. The van der Waals surface area contributed by atoms with Crippen molar-refractivity contribution in [2.45, 2.75) is 17.5 Å². The van der Waals surface area contributed by atoms with Crippen molar-refractivity contribution in [3.05, 3.63) is 71.3 Å². The van der Waals surface area contributed by atoms with Gasteiger partial charge in [0.2, 0.25) is 11.9 Å². The fourth-order valence-corrected chi connectivity index (χ4v) is 3.61. The summed E-state index contributed by atoms with van der Waals surface area (Å²) in [5.41, 5.74) is 6.72. The highest BCUT2D eigenvalue weighted by molar-refractivity contribution is 7.98. The molecule has 2 heterocycles. The van der Waals surface area contributed by atoms with Crippen LogP contribution in [0, 0.1) is 0 Å². The zero-order valence-corrected chi connectivity index (χ0v) is 18.1. The van der Waals surface area contributed by atoms with Gasteiger partial charge in [-0.05, 0) is 24.3 Å². The summed E-state index contributed by atoms with van der Waals surface area (Å²) >= 11 is 7.56. The van der Waals surface area contributed by atoms with Gasteiger partial charge in [-0.2, -0.15) is 15.0 Å². The van der Waals surface area contributed by atoms with Crippen LogP contribution < -0.4 is 15.8 Å². The van der Waals surface area contributed by atoms with Gasteiger partial charge in [0.15, 0.2) is 11.0 Å². The average molecular weight is 455 g/mol. The molecule has 0 bridgehead atoms. The molecular formula is C20H19ClN8OS. The van der Waals surface area contributed by atoms with E-state index in [9.17, 15) is 0 Å². The molecule has 11 heteroatoms. The lowest BCUT2D eigenvalue weighted by Crippen LogP contribution is -2.07. The first-order chi connectivity index (χ1) is 15.1. The van der Waals surface area contributed by atoms with Crippen molar-refractivity contribution >= 4 is 40.9 Å². The van der Waals surface area contributed by atoms with Gasteiger partial charge in [0.05, 0.1) is 10.8 Å². The third-order valence-corrected chi connectivity index (χ3v) is 5.51. The first kappa shape index (κ1) is 20.9. The van der Waals surface area contributed by atoms with Crippen LogP contribution in [0.2, 0.25) is 5.02 Å². The number of nitrogens with one attached hydrogen (secondary N) is 1. The maximum Gasteiger partial charge on any atom is 0.232 e. The fraction of sp³-hybridized carbons (Fsp3) is 0.150. The van der Waals surface area contributed by atoms with Crippen LogP contribution in [0.1, 0.15) is 11.6 Å². The SMILES string of the molecule is Cn1c(COc2ccccc2Cl)nnc1SCc1nc(N)nc(Nc2ccccc2)n1. The standard InChI is InChI=1S/C20H19ClN8OS/c1-29-17(11-30-15-10-6-5-9-14(15)21)27-28-20(29)31-12-16-24-18(22)26-19(25-16)23-13-7-3-2-4-8-13/h2-10H,11-12H2,1H3,(H3,22,23,24,25,26). The van der Waals surface area contributed by atoms with E-state index in [2.05, 4.69) is 30.5 Å².